The van der Waals surface area contributed by atoms with Crippen LogP contribution in [0.3, 0.4) is 0 Å². The number of amides is 1. The fourth-order valence-electron chi connectivity index (χ4n) is 2.32. The molecule has 0 bridgehead atoms. The lowest BCUT2D eigenvalue weighted by molar-refractivity contribution is -0.133. The van der Waals surface area contributed by atoms with Crippen LogP contribution in [0.1, 0.15) is 12.8 Å². The zero-order valence-corrected chi connectivity index (χ0v) is 9.98. The van der Waals surface area contributed by atoms with E-state index < -0.39 is 0 Å². The van der Waals surface area contributed by atoms with E-state index in [0.29, 0.717) is 11.9 Å². The lowest BCUT2D eigenvalue weighted by Gasteiger charge is -2.19. The second-order valence-electron chi connectivity index (χ2n) is 4.25. The predicted molar refractivity (Wildman–Crippen MR) is 62.3 cm³/mol. The maximum absolute atomic E-state index is 12.0. The highest BCUT2D eigenvalue weighted by atomic mass is 35.5. The Kier molecular flexibility index (Phi) is 4.83. The zero-order chi connectivity index (χ0) is 9.97. The predicted octanol–water partition coefficient (Wildman–Crippen LogP) is -0.162. The van der Waals surface area contributed by atoms with Crippen molar-refractivity contribution in [3.8, 4) is 0 Å². The van der Waals surface area contributed by atoms with Crippen LogP contribution in [0.4, 0.5) is 0 Å². The van der Waals surface area contributed by atoms with Crippen molar-refractivity contribution < 1.29 is 4.79 Å². The maximum Gasteiger partial charge on any atom is 0.227 e. The Hall–Kier alpha value is -0.320. The molecule has 0 radical (unpaired) electrons. The highest BCUT2D eigenvalue weighted by Crippen LogP contribution is 2.16. The van der Waals surface area contributed by atoms with E-state index in [1.807, 2.05) is 11.9 Å². The SMILES string of the molecule is CNC1CCN(C(=O)[C@@H]2CCNC2)C1.Cl. The van der Waals surface area contributed by atoms with Crippen LogP contribution >= 0.6 is 12.4 Å². The van der Waals surface area contributed by atoms with Gasteiger partial charge >= 0.3 is 0 Å². The van der Waals surface area contributed by atoms with Crippen LogP contribution in [0.25, 0.3) is 0 Å². The van der Waals surface area contributed by atoms with E-state index in [2.05, 4.69) is 10.6 Å². The highest BCUT2D eigenvalue weighted by molar-refractivity contribution is 5.85. The summed E-state index contributed by atoms with van der Waals surface area (Å²) < 4.78 is 0. The van der Waals surface area contributed by atoms with Gasteiger partial charge < -0.3 is 15.5 Å². The molecular weight excluding hydrogens is 214 g/mol. The summed E-state index contributed by atoms with van der Waals surface area (Å²) in [5.74, 6) is 0.596. The standard InChI is InChI=1S/C10H19N3O.ClH/c1-11-9-3-5-13(7-9)10(14)8-2-4-12-6-8;/h8-9,11-12H,2-7H2,1H3;1H/t8-,9?;/m1./s1. The number of hydrogen-bond acceptors (Lipinski definition) is 3. The van der Waals surface area contributed by atoms with E-state index in [-0.39, 0.29) is 18.3 Å². The van der Waals surface area contributed by atoms with Gasteiger partial charge in [0.05, 0.1) is 5.92 Å². The Morgan fingerprint density at radius 1 is 1.47 bits per heavy atom. The topological polar surface area (TPSA) is 44.4 Å². The molecule has 0 aromatic rings. The zero-order valence-electron chi connectivity index (χ0n) is 9.16. The Labute approximate surface area is 97.2 Å². The van der Waals surface area contributed by atoms with E-state index in [1.54, 1.807) is 0 Å². The Morgan fingerprint density at radius 3 is 2.80 bits per heavy atom. The highest BCUT2D eigenvalue weighted by Gasteiger charge is 2.31. The number of likely N-dealkylation sites (tertiary alicyclic amines) is 1. The number of carbonyl (C=O) groups is 1. The second-order valence-corrected chi connectivity index (χ2v) is 4.25. The number of hydrogen-bond donors (Lipinski definition) is 2. The van der Waals surface area contributed by atoms with E-state index in [0.717, 1.165) is 39.0 Å². The van der Waals surface area contributed by atoms with Crippen LogP contribution in [0.15, 0.2) is 0 Å². The summed E-state index contributed by atoms with van der Waals surface area (Å²) in [5, 5.41) is 6.47. The van der Waals surface area contributed by atoms with Crippen LogP contribution in [0.5, 0.6) is 0 Å². The molecule has 88 valence electrons. The molecule has 2 rings (SSSR count). The smallest absolute Gasteiger partial charge is 0.227 e. The third-order valence-corrected chi connectivity index (χ3v) is 3.32. The van der Waals surface area contributed by atoms with Gasteiger partial charge in [0.15, 0.2) is 0 Å². The molecule has 4 nitrogen and oxygen atoms in total. The van der Waals surface area contributed by atoms with E-state index >= 15 is 0 Å². The molecule has 0 spiro atoms. The van der Waals surface area contributed by atoms with Crippen molar-refractivity contribution in [2.75, 3.05) is 33.2 Å². The number of halogens is 1. The van der Waals surface area contributed by atoms with E-state index in [1.165, 1.54) is 0 Å². The van der Waals surface area contributed by atoms with Crippen molar-refractivity contribution in [1.29, 1.82) is 0 Å². The monoisotopic (exact) mass is 233 g/mol. The first-order valence-electron chi connectivity index (χ1n) is 5.48. The Bertz CT molecular complexity index is 219. The molecule has 2 fully saturated rings. The van der Waals surface area contributed by atoms with Gasteiger partial charge in [-0.1, -0.05) is 0 Å². The molecule has 0 saturated carbocycles. The minimum absolute atomic E-state index is 0. The molecule has 2 aliphatic heterocycles. The summed E-state index contributed by atoms with van der Waals surface area (Å²) in [5.41, 5.74) is 0. The van der Waals surface area contributed by atoms with Gasteiger partial charge in [0.25, 0.3) is 0 Å². The molecule has 2 N–H and O–H groups in total. The van der Waals surface area contributed by atoms with Gasteiger partial charge in [0.1, 0.15) is 0 Å². The fourth-order valence-corrected chi connectivity index (χ4v) is 2.32. The minimum Gasteiger partial charge on any atom is -0.341 e. The number of nitrogens with one attached hydrogen (secondary N) is 2. The summed E-state index contributed by atoms with van der Waals surface area (Å²) in [4.78, 5) is 14.0. The Morgan fingerprint density at radius 2 is 2.27 bits per heavy atom. The molecule has 2 heterocycles. The third-order valence-electron chi connectivity index (χ3n) is 3.32. The molecule has 0 aliphatic carbocycles. The molecule has 0 aromatic heterocycles. The third kappa shape index (κ3) is 2.83. The largest absolute Gasteiger partial charge is 0.341 e. The maximum atomic E-state index is 12.0. The molecule has 1 amide bonds. The van der Waals surface area contributed by atoms with E-state index in [9.17, 15) is 4.79 Å². The molecule has 2 saturated heterocycles. The van der Waals surface area contributed by atoms with Gasteiger partial charge in [-0.3, -0.25) is 4.79 Å². The first-order valence-corrected chi connectivity index (χ1v) is 5.48. The van der Waals surface area contributed by atoms with Gasteiger partial charge in [0, 0.05) is 25.7 Å². The van der Waals surface area contributed by atoms with Crippen molar-refractivity contribution in [3.05, 3.63) is 0 Å². The van der Waals surface area contributed by atoms with E-state index in [4.69, 9.17) is 0 Å². The molecule has 5 heteroatoms. The van der Waals surface area contributed by atoms with Crippen LogP contribution < -0.4 is 10.6 Å². The quantitative estimate of drug-likeness (QED) is 0.697. The van der Waals surface area contributed by atoms with Gasteiger partial charge in [-0.25, -0.2) is 0 Å². The van der Waals surface area contributed by atoms with Crippen molar-refractivity contribution in [3.63, 3.8) is 0 Å². The normalized spacial score (nSPS) is 30.3. The number of likely N-dealkylation sites (N-methyl/N-ethyl adjacent to an activating group) is 1. The van der Waals surface area contributed by atoms with Crippen molar-refractivity contribution in [1.82, 2.24) is 15.5 Å². The number of nitrogens with zero attached hydrogens (tertiary/aromatic N) is 1. The van der Waals surface area contributed by atoms with Gasteiger partial charge in [-0.2, -0.15) is 0 Å². The average molecular weight is 234 g/mol. The average Bonchev–Trinajstić information content (AvgIpc) is 2.88. The van der Waals surface area contributed by atoms with Crippen LogP contribution in [-0.2, 0) is 4.79 Å². The molecule has 1 unspecified atom stereocenters. The van der Waals surface area contributed by atoms with Gasteiger partial charge in [0.2, 0.25) is 5.91 Å². The fraction of sp³-hybridized carbons (Fsp3) is 0.900. The summed E-state index contributed by atoms with van der Waals surface area (Å²) in [6, 6.07) is 0.508. The number of carbonyl (C=O) groups excluding carboxylic acids is 1. The minimum atomic E-state index is 0. The van der Waals surface area contributed by atoms with Crippen molar-refractivity contribution in [2.45, 2.75) is 18.9 Å². The second kappa shape index (κ2) is 5.68. The van der Waals surface area contributed by atoms with Crippen LogP contribution in [-0.4, -0.2) is 50.1 Å². The van der Waals surface area contributed by atoms with Crippen molar-refractivity contribution in [2.24, 2.45) is 5.92 Å². The summed E-state index contributed by atoms with van der Waals surface area (Å²) >= 11 is 0. The lowest BCUT2D eigenvalue weighted by Crippen LogP contribution is -2.37. The number of rotatable bonds is 2. The molecule has 15 heavy (non-hydrogen) atoms. The first kappa shape index (κ1) is 12.7. The Balaban J connectivity index is 0.00000112. The van der Waals surface area contributed by atoms with Crippen LogP contribution in [0.2, 0.25) is 0 Å². The molecule has 2 atom stereocenters. The first-order chi connectivity index (χ1) is 6.81. The molecule has 2 aliphatic rings. The van der Waals surface area contributed by atoms with Gasteiger partial charge in [-0.15, -0.1) is 12.4 Å². The lowest BCUT2D eigenvalue weighted by atomic mass is 10.1. The van der Waals surface area contributed by atoms with Gasteiger partial charge in [-0.05, 0) is 26.4 Å². The van der Waals surface area contributed by atoms with Crippen molar-refractivity contribution >= 4 is 18.3 Å². The summed E-state index contributed by atoms with van der Waals surface area (Å²) in [7, 11) is 1.97. The summed E-state index contributed by atoms with van der Waals surface area (Å²) in [6.07, 6.45) is 2.11. The summed E-state index contributed by atoms with van der Waals surface area (Å²) in [6.45, 7) is 3.70. The molecular formula is C10H20ClN3O. The van der Waals surface area contributed by atoms with Crippen LogP contribution in [0, 0.1) is 5.92 Å². The molecule has 0 aromatic carbocycles.